The van der Waals surface area contributed by atoms with Crippen molar-refractivity contribution < 1.29 is 23.5 Å². The third-order valence-electron chi connectivity index (χ3n) is 3.78. The number of halogens is 2. The van der Waals surface area contributed by atoms with Gasteiger partial charge >= 0.3 is 5.97 Å². The predicted molar refractivity (Wildman–Crippen MR) is 95.8 cm³/mol. The first-order valence-corrected chi connectivity index (χ1v) is 8.43. The summed E-state index contributed by atoms with van der Waals surface area (Å²) >= 11 is 1.05. The molecular weight excluding hydrogens is 360 g/mol. The van der Waals surface area contributed by atoms with Gasteiger partial charge in [0.05, 0.1) is 0 Å². The van der Waals surface area contributed by atoms with Gasteiger partial charge in [0.2, 0.25) is 0 Å². The summed E-state index contributed by atoms with van der Waals surface area (Å²) in [7, 11) is 0. The van der Waals surface area contributed by atoms with E-state index >= 15 is 0 Å². The highest BCUT2D eigenvalue weighted by molar-refractivity contribution is 7.15. The zero-order chi connectivity index (χ0) is 18.8. The highest BCUT2D eigenvalue weighted by atomic mass is 32.1. The van der Waals surface area contributed by atoms with Crippen LogP contribution in [0.5, 0.6) is 0 Å². The van der Waals surface area contributed by atoms with E-state index in [-0.39, 0.29) is 16.1 Å². The van der Waals surface area contributed by atoms with E-state index < -0.39 is 23.5 Å². The molecule has 132 valence electrons. The maximum atomic E-state index is 13.3. The van der Waals surface area contributed by atoms with E-state index in [0.717, 1.165) is 35.1 Å². The van der Waals surface area contributed by atoms with Crippen LogP contribution in [0.2, 0.25) is 0 Å². The Morgan fingerprint density at radius 3 is 2.35 bits per heavy atom. The van der Waals surface area contributed by atoms with Crippen LogP contribution in [0, 0.1) is 18.6 Å². The summed E-state index contributed by atoms with van der Waals surface area (Å²) in [6.45, 7) is 1.92. The quantitative estimate of drug-likeness (QED) is 0.680. The van der Waals surface area contributed by atoms with E-state index in [1.165, 1.54) is 0 Å². The number of rotatable bonds is 4. The second-order valence-corrected chi connectivity index (χ2v) is 6.49. The van der Waals surface area contributed by atoms with E-state index in [1.807, 2.05) is 19.1 Å². The number of carboxylic acids is 1. The van der Waals surface area contributed by atoms with Crippen LogP contribution in [0.4, 0.5) is 13.8 Å². The van der Waals surface area contributed by atoms with Crippen molar-refractivity contribution in [2.75, 3.05) is 5.32 Å². The van der Waals surface area contributed by atoms with E-state index in [9.17, 15) is 23.5 Å². The zero-order valence-corrected chi connectivity index (χ0v) is 14.4. The molecule has 1 amide bonds. The smallest absolute Gasteiger partial charge is 0.339 e. The molecule has 0 bridgehead atoms. The number of amides is 1. The number of carboxylic acid groups (broad SMARTS) is 1. The standard InChI is InChI=1S/C19H13F2NO3S/c1-10-2-4-11(5-3-10)13-9-26-18(16(13)19(24)25)22-17(23)12-6-7-14(20)15(21)8-12/h2-9H,1H3,(H,22,23)(H,24,25). The number of benzene rings is 2. The lowest BCUT2D eigenvalue weighted by Crippen LogP contribution is -2.14. The van der Waals surface area contributed by atoms with Crippen molar-refractivity contribution >= 4 is 28.2 Å². The Hall–Kier alpha value is -3.06. The maximum absolute atomic E-state index is 13.3. The number of hydrogen-bond acceptors (Lipinski definition) is 3. The van der Waals surface area contributed by atoms with Crippen LogP contribution >= 0.6 is 11.3 Å². The molecule has 7 heteroatoms. The molecule has 1 aromatic heterocycles. The van der Waals surface area contributed by atoms with Crippen molar-refractivity contribution in [3.8, 4) is 11.1 Å². The molecule has 0 spiro atoms. The van der Waals surface area contributed by atoms with Crippen molar-refractivity contribution in [3.63, 3.8) is 0 Å². The molecule has 0 saturated carbocycles. The predicted octanol–water partition coefficient (Wildman–Crippen LogP) is 4.95. The molecule has 0 atom stereocenters. The van der Waals surface area contributed by atoms with Crippen molar-refractivity contribution in [1.29, 1.82) is 0 Å². The number of aromatic carboxylic acids is 1. The normalized spacial score (nSPS) is 10.6. The maximum Gasteiger partial charge on any atom is 0.339 e. The van der Waals surface area contributed by atoms with Gasteiger partial charge < -0.3 is 10.4 Å². The lowest BCUT2D eigenvalue weighted by atomic mass is 10.0. The third-order valence-corrected chi connectivity index (χ3v) is 4.67. The van der Waals surface area contributed by atoms with Crippen LogP contribution in [-0.4, -0.2) is 17.0 Å². The van der Waals surface area contributed by atoms with Gasteiger partial charge in [0.15, 0.2) is 11.6 Å². The van der Waals surface area contributed by atoms with E-state index in [0.29, 0.717) is 11.1 Å². The first-order valence-electron chi connectivity index (χ1n) is 7.55. The van der Waals surface area contributed by atoms with Gasteiger partial charge in [-0.05, 0) is 30.7 Å². The molecule has 1 heterocycles. The van der Waals surface area contributed by atoms with Gasteiger partial charge in [-0.15, -0.1) is 11.3 Å². The lowest BCUT2D eigenvalue weighted by molar-refractivity contribution is 0.0699. The summed E-state index contributed by atoms with van der Waals surface area (Å²) in [5.41, 5.74) is 2.06. The molecule has 0 fully saturated rings. The van der Waals surface area contributed by atoms with Crippen molar-refractivity contribution in [1.82, 2.24) is 0 Å². The summed E-state index contributed by atoms with van der Waals surface area (Å²) in [4.78, 5) is 24.0. The Labute approximate surface area is 151 Å². The number of thiophene rings is 1. The highest BCUT2D eigenvalue weighted by Gasteiger charge is 2.21. The fourth-order valence-electron chi connectivity index (χ4n) is 2.42. The Morgan fingerprint density at radius 1 is 1.04 bits per heavy atom. The second-order valence-electron chi connectivity index (χ2n) is 5.61. The monoisotopic (exact) mass is 373 g/mol. The molecule has 0 aliphatic carbocycles. The van der Waals surface area contributed by atoms with Crippen LogP contribution in [0.15, 0.2) is 47.8 Å². The van der Waals surface area contributed by atoms with Gasteiger partial charge in [-0.3, -0.25) is 4.79 Å². The number of anilines is 1. The summed E-state index contributed by atoms with van der Waals surface area (Å²) in [5, 5.41) is 13.8. The molecule has 0 aliphatic heterocycles. The van der Waals surface area contributed by atoms with Crippen LogP contribution in [-0.2, 0) is 0 Å². The van der Waals surface area contributed by atoms with Gasteiger partial charge in [-0.1, -0.05) is 29.8 Å². The molecule has 3 rings (SSSR count). The second kappa shape index (κ2) is 7.05. The van der Waals surface area contributed by atoms with E-state index in [1.54, 1.807) is 17.5 Å². The Morgan fingerprint density at radius 2 is 1.73 bits per heavy atom. The van der Waals surface area contributed by atoms with Gasteiger partial charge in [0.25, 0.3) is 5.91 Å². The molecule has 4 nitrogen and oxygen atoms in total. The first kappa shape index (κ1) is 17.8. The fraction of sp³-hybridized carbons (Fsp3) is 0.0526. The molecule has 0 aliphatic rings. The van der Waals surface area contributed by atoms with Crippen molar-refractivity contribution in [2.45, 2.75) is 6.92 Å². The van der Waals surface area contributed by atoms with E-state index in [2.05, 4.69) is 5.32 Å². The van der Waals surface area contributed by atoms with E-state index in [4.69, 9.17) is 0 Å². The Bertz CT molecular complexity index is 997. The van der Waals surface area contributed by atoms with Gasteiger partial charge in [-0.25, -0.2) is 13.6 Å². The largest absolute Gasteiger partial charge is 0.478 e. The minimum atomic E-state index is -1.19. The average Bonchev–Trinajstić information content (AvgIpc) is 3.01. The average molecular weight is 373 g/mol. The topological polar surface area (TPSA) is 66.4 Å². The van der Waals surface area contributed by atoms with Crippen LogP contribution < -0.4 is 5.32 Å². The Kier molecular flexibility index (Phi) is 4.81. The molecule has 0 unspecified atom stereocenters. The minimum absolute atomic E-state index is 0.0465. The highest BCUT2D eigenvalue weighted by Crippen LogP contribution is 2.36. The zero-order valence-electron chi connectivity index (χ0n) is 13.5. The lowest BCUT2D eigenvalue weighted by Gasteiger charge is -2.07. The van der Waals surface area contributed by atoms with Gasteiger partial charge in [-0.2, -0.15) is 0 Å². The van der Waals surface area contributed by atoms with Crippen LogP contribution in [0.25, 0.3) is 11.1 Å². The molecular formula is C19H13F2NO3S. The van der Waals surface area contributed by atoms with Crippen molar-refractivity contribution in [3.05, 3.63) is 76.2 Å². The molecule has 0 radical (unpaired) electrons. The summed E-state index contributed by atoms with van der Waals surface area (Å²) in [5.74, 6) is -4.13. The van der Waals surface area contributed by atoms with Gasteiger partial charge in [0.1, 0.15) is 10.6 Å². The SMILES string of the molecule is Cc1ccc(-c2csc(NC(=O)c3ccc(F)c(F)c3)c2C(=O)O)cc1. The first-order chi connectivity index (χ1) is 12.4. The minimum Gasteiger partial charge on any atom is -0.478 e. The molecule has 0 saturated heterocycles. The number of nitrogens with one attached hydrogen (secondary N) is 1. The Balaban J connectivity index is 1.95. The van der Waals surface area contributed by atoms with Crippen LogP contribution in [0.3, 0.4) is 0 Å². The third kappa shape index (κ3) is 3.48. The number of carbonyl (C=O) groups is 2. The molecule has 3 aromatic rings. The summed E-state index contributed by atoms with van der Waals surface area (Å²) in [6, 6.07) is 10.0. The molecule has 2 N–H and O–H groups in total. The summed E-state index contributed by atoms with van der Waals surface area (Å²) in [6.07, 6.45) is 0. The fourth-order valence-corrected chi connectivity index (χ4v) is 3.38. The molecule has 26 heavy (non-hydrogen) atoms. The molecule has 2 aromatic carbocycles. The van der Waals surface area contributed by atoms with Crippen molar-refractivity contribution in [2.24, 2.45) is 0 Å². The van der Waals surface area contributed by atoms with Crippen LogP contribution in [0.1, 0.15) is 26.3 Å². The van der Waals surface area contributed by atoms with Gasteiger partial charge in [0, 0.05) is 16.5 Å². The number of aryl methyl sites for hydroxylation is 1. The summed E-state index contributed by atoms with van der Waals surface area (Å²) < 4.78 is 26.3. The number of hydrogen-bond donors (Lipinski definition) is 2. The number of carbonyl (C=O) groups excluding carboxylic acids is 1.